The van der Waals surface area contributed by atoms with Crippen molar-refractivity contribution in [3.8, 4) is 5.75 Å². The minimum absolute atomic E-state index is 0.251. The third-order valence-corrected chi connectivity index (χ3v) is 3.88. The van der Waals surface area contributed by atoms with Gasteiger partial charge in [-0.25, -0.2) is 4.39 Å². The zero-order valence-electron chi connectivity index (χ0n) is 10.2. The highest BCUT2D eigenvalue weighted by molar-refractivity contribution is 7.99. The first-order chi connectivity index (χ1) is 8.09. The number of halogens is 1. The molecule has 4 heteroatoms. The van der Waals surface area contributed by atoms with Gasteiger partial charge in [0, 0.05) is 5.25 Å². The van der Waals surface area contributed by atoms with Crippen LogP contribution < -0.4 is 4.74 Å². The summed E-state index contributed by atoms with van der Waals surface area (Å²) in [6.45, 7) is 4.42. The Morgan fingerprint density at radius 1 is 1.29 bits per heavy atom. The van der Waals surface area contributed by atoms with Gasteiger partial charge in [0.2, 0.25) is 0 Å². The number of rotatable bonds is 7. The zero-order chi connectivity index (χ0) is 12.7. The first-order valence-corrected chi connectivity index (χ1v) is 6.82. The summed E-state index contributed by atoms with van der Waals surface area (Å²) in [5.41, 5.74) is 0. The molecule has 2 atom stereocenters. The molecule has 0 aromatic heterocycles. The molecule has 0 aliphatic carbocycles. The van der Waals surface area contributed by atoms with E-state index >= 15 is 0 Å². The van der Waals surface area contributed by atoms with Gasteiger partial charge in [-0.05, 0) is 43.4 Å². The number of ether oxygens (including phenoxy) is 1. The van der Waals surface area contributed by atoms with Crippen molar-refractivity contribution < 1.29 is 14.2 Å². The van der Waals surface area contributed by atoms with Crippen molar-refractivity contribution in [1.82, 2.24) is 0 Å². The second-order valence-corrected chi connectivity index (χ2v) is 5.46. The summed E-state index contributed by atoms with van der Waals surface area (Å²) < 4.78 is 18.1. The maximum absolute atomic E-state index is 12.6. The molecule has 1 aromatic rings. The van der Waals surface area contributed by atoms with Gasteiger partial charge in [0.25, 0.3) is 0 Å². The molecule has 0 aliphatic heterocycles. The molecule has 0 fully saturated rings. The Morgan fingerprint density at radius 2 is 1.94 bits per heavy atom. The van der Waals surface area contributed by atoms with Crippen LogP contribution in [0.2, 0.25) is 0 Å². The maximum Gasteiger partial charge on any atom is 0.123 e. The number of aliphatic hydroxyl groups excluding tert-OH is 1. The Balaban J connectivity index is 2.10. The van der Waals surface area contributed by atoms with Crippen LogP contribution in [0.3, 0.4) is 0 Å². The fourth-order valence-electron chi connectivity index (χ4n) is 1.19. The monoisotopic (exact) mass is 258 g/mol. The minimum atomic E-state index is -0.280. The lowest BCUT2D eigenvalue weighted by molar-refractivity contribution is 0.196. The van der Waals surface area contributed by atoms with Crippen LogP contribution in [0.4, 0.5) is 4.39 Å². The van der Waals surface area contributed by atoms with E-state index in [1.165, 1.54) is 12.1 Å². The molecule has 0 bridgehead atoms. The third kappa shape index (κ3) is 5.94. The first kappa shape index (κ1) is 14.3. The zero-order valence-corrected chi connectivity index (χ0v) is 11.0. The second kappa shape index (κ2) is 7.56. The summed E-state index contributed by atoms with van der Waals surface area (Å²) >= 11 is 1.73. The van der Waals surface area contributed by atoms with Crippen LogP contribution in [0.25, 0.3) is 0 Å². The van der Waals surface area contributed by atoms with Crippen molar-refractivity contribution in [1.29, 1.82) is 0 Å². The molecule has 17 heavy (non-hydrogen) atoms. The van der Waals surface area contributed by atoms with Gasteiger partial charge in [0.05, 0.1) is 12.7 Å². The van der Waals surface area contributed by atoms with E-state index in [-0.39, 0.29) is 17.2 Å². The van der Waals surface area contributed by atoms with Gasteiger partial charge in [0.1, 0.15) is 11.6 Å². The van der Waals surface area contributed by atoms with E-state index in [1.807, 2.05) is 6.92 Å². The van der Waals surface area contributed by atoms with Crippen molar-refractivity contribution in [2.24, 2.45) is 0 Å². The lowest BCUT2D eigenvalue weighted by Gasteiger charge is -2.13. The first-order valence-electron chi connectivity index (χ1n) is 5.77. The molecule has 0 spiro atoms. The van der Waals surface area contributed by atoms with Crippen molar-refractivity contribution in [2.45, 2.75) is 31.6 Å². The summed E-state index contributed by atoms with van der Waals surface area (Å²) in [5, 5.41) is 9.54. The summed E-state index contributed by atoms with van der Waals surface area (Å²) in [7, 11) is 0. The van der Waals surface area contributed by atoms with Crippen molar-refractivity contribution in [2.75, 3.05) is 12.4 Å². The lowest BCUT2D eigenvalue weighted by atomic mass is 10.3. The molecule has 96 valence electrons. The van der Waals surface area contributed by atoms with E-state index in [9.17, 15) is 9.50 Å². The van der Waals surface area contributed by atoms with Crippen LogP contribution in [-0.2, 0) is 0 Å². The Bertz CT molecular complexity index is 314. The molecule has 0 aliphatic rings. The highest BCUT2D eigenvalue weighted by Gasteiger charge is 2.08. The van der Waals surface area contributed by atoms with E-state index < -0.39 is 0 Å². The minimum Gasteiger partial charge on any atom is -0.494 e. The largest absolute Gasteiger partial charge is 0.494 e. The lowest BCUT2D eigenvalue weighted by Crippen LogP contribution is -2.16. The number of benzene rings is 1. The molecular formula is C13H19FO2S. The maximum atomic E-state index is 12.6. The SMILES string of the molecule is CC(O)C(C)SCCCOc1ccc(F)cc1. The van der Waals surface area contributed by atoms with Crippen LogP contribution >= 0.6 is 11.8 Å². The molecule has 0 amide bonds. The number of hydrogen-bond acceptors (Lipinski definition) is 3. The molecular weight excluding hydrogens is 239 g/mol. The van der Waals surface area contributed by atoms with E-state index in [4.69, 9.17) is 4.74 Å². The summed E-state index contributed by atoms with van der Waals surface area (Å²) in [6.07, 6.45) is 0.636. The molecule has 0 saturated carbocycles. The van der Waals surface area contributed by atoms with Gasteiger partial charge in [-0.15, -0.1) is 0 Å². The second-order valence-electron chi connectivity index (χ2n) is 3.97. The Hall–Kier alpha value is -0.740. The Labute approximate surface area is 106 Å². The fraction of sp³-hybridized carbons (Fsp3) is 0.538. The quantitative estimate of drug-likeness (QED) is 0.762. The van der Waals surface area contributed by atoms with Gasteiger partial charge in [0.15, 0.2) is 0 Å². The average Bonchev–Trinajstić information content (AvgIpc) is 2.30. The van der Waals surface area contributed by atoms with Crippen LogP contribution in [0.15, 0.2) is 24.3 Å². The topological polar surface area (TPSA) is 29.5 Å². The van der Waals surface area contributed by atoms with Gasteiger partial charge in [-0.2, -0.15) is 11.8 Å². The van der Waals surface area contributed by atoms with Crippen LogP contribution in [0.5, 0.6) is 5.75 Å². The highest BCUT2D eigenvalue weighted by Crippen LogP contribution is 2.16. The summed E-state index contributed by atoms with van der Waals surface area (Å²) in [5.74, 6) is 1.39. The summed E-state index contributed by atoms with van der Waals surface area (Å²) in [6, 6.07) is 6.03. The smallest absolute Gasteiger partial charge is 0.123 e. The van der Waals surface area contributed by atoms with Gasteiger partial charge < -0.3 is 9.84 Å². The van der Waals surface area contributed by atoms with Crippen molar-refractivity contribution >= 4 is 11.8 Å². The third-order valence-electron chi connectivity index (χ3n) is 2.43. The van der Waals surface area contributed by atoms with Gasteiger partial charge in [-0.1, -0.05) is 6.92 Å². The van der Waals surface area contributed by atoms with E-state index in [1.54, 1.807) is 30.8 Å². The average molecular weight is 258 g/mol. The standard InChI is InChI=1S/C13H19FO2S/c1-10(15)11(2)17-9-3-8-16-13-6-4-12(14)5-7-13/h4-7,10-11,15H,3,8-9H2,1-2H3. The van der Waals surface area contributed by atoms with Crippen LogP contribution in [0, 0.1) is 5.82 Å². The number of thioether (sulfide) groups is 1. The number of aliphatic hydroxyl groups is 1. The Morgan fingerprint density at radius 3 is 2.53 bits per heavy atom. The molecule has 1 aromatic carbocycles. The van der Waals surface area contributed by atoms with Crippen LogP contribution in [-0.4, -0.2) is 28.8 Å². The predicted molar refractivity (Wildman–Crippen MR) is 70.1 cm³/mol. The molecule has 0 saturated heterocycles. The fourth-order valence-corrected chi connectivity index (χ4v) is 2.12. The molecule has 2 nitrogen and oxygen atoms in total. The molecule has 1 rings (SSSR count). The normalized spacial score (nSPS) is 14.4. The van der Waals surface area contributed by atoms with Gasteiger partial charge in [-0.3, -0.25) is 0 Å². The van der Waals surface area contributed by atoms with Crippen molar-refractivity contribution in [3.63, 3.8) is 0 Å². The highest BCUT2D eigenvalue weighted by atomic mass is 32.2. The molecule has 1 N–H and O–H groups in total. The molecule has 2 unspecified atom stereocenters. The Kier molecular flexibility index (Phi) is 6.37. The number of hydrogen-bond donors (Lipinski definition) is 1. The van der Waals surface area contributed by atoms with Crippen LogP contribution in [0.1, 0.15) is 20.3 Å². The van der Waals surface area contributed by atoms with Gasteiger partial charge >= 0.3 is 0 Å². The summed E-state index contributed by atoms with van der Waals surface area (Å²) in [4.78, 5) is 0. The van der Waals surface area contributed by atoms with E-state index in [2.05, 4.69) is 0 Å². The predicted octanol–water partition coefficient (Wildman–Crippen LogP) is 3.10. The van der Waals surface area contributed by atoms with E-state index in [0.29, 0.717) is 12.4 Å². The molecule has 0 heterocycles. The molecule has 0 radical (unpaired) electrons. The van der Waals surface area contributed by atoms with E-state index in [0.717, 1.165) is 12.2 Å². The van der Waals surface area contributed by atoms with Crippen molar-refractivity contribution in [3.05, 3.63) is 30.1 Å².